The molecule has 21 heavy (non-hydrogen) atoms. The molecule has 1 aliphatic rings. The highest BCUT2D eigenvalue weighted by atomic mass is 32.2. The number of hydrogen-bond acceptors (Lipinski definition) is 5. The van der Waals surface area contributed by atoms with Crippen LogP contribution in [0.1, 0.15) is 33.1 Å². The standard InChI is InChI=1S/C13H20N4O2S2/c1-3-9-4-5-10(8(9)2)16-21(18,19)12-11(14)15-13-17(12)6-7-20-13/h6-10,16H,3-5,14H2,1-2H3. The van der Waals surface area contributed by atoms with E-state index in [1.54, 1.807) is 16.0 Å². The predicted molar refractivity (Wildman–Crippen MR) is 83.8 cm³/mol. The number of rotatable bonds is 4. The Morgan fingerprint density at radius 1 is 1.52 bits per heavy atom. The van der Waals surface area contributed by atoms with Gasteiger partial charge >= 0.3 is 0 Å². The Hall–Kier alpha value is -1.12. The van der Waals surface area contributed by atoms with E-state index in [9.17, 15) is 8.42 Å². The molecule has 3 rings (SSSR count). The summed E-state index contributed by atoms with van der Waals surface area (Å²) in [5, 5.41) is 1.86. The summed E-state index contributed by atoms with van der Waals surface area (Å²) in [5.74, 6) is 0.991. The van der Waals surface area contributed by atoms with E-state index in [1.807, 2.05) is 0 Å². The Labute approximate surface area is 128 Å². The van der Waals surface area contributed by atoms with E-state index in [0.717, 1.165) is 19.3 Å². The van der Waals surface area contributed by atoms with Crippen LogP contribution in [0, 0.1) is 11.8 Å². The third-order valence-electron chi connectivity index (χ3n) is 4.56. The van der Waals surface area contributed by atoms with Gasteiger partial charge in [-0.15, -0.1) is 11.3 Å². The number of anilines is 1. The first-order valence-corrected chi connectivity index (χ1v) is 9.53. The van der Waals surface area contributed by atoms with Crippen LogP contribution in [0.15, 0.2) is 16.6 Å². The quantitative estimate of drug-likeness (QED) is 0.899. The van der Waals surface area contributed by atoms with Gasteiger partial charge in [0.25, 0.3) is 10.0 Å². The predicted octanol–water partition coefficient (Wildman–Crippen LogP) is 2.08. The topological polar surface area (TPSA) is 89.5 Å². The molecule has 1 aliphatic carbocycles. The van der Waals surface area contributed by atoms with Gasteiger partial charge in [0.2, 0.25) is 0 Å². The molecular weight excluding hydrogens is 308 g/mol. The van der Waals surface area contributed by atoms with Crippen LogP contribution >= 0.6 is 11.3 Å². The molecule has 2 aromatic rings. The van der Waals surface area contributed by atoms with E-state index in [-0.39, 0.29) is 16.9 Å². The number of aromatic nitrogens is 2. The summed E-state index contributed by atoms with van der Waals surface area (Å²) in [5.41, 5.74) is 5.80. The van der Waals surface area contributed by atoms with Crippen molar-refractivity contribution < 1.29 is 8.42 Å². The van der Waals surface area contributed by atoms with E-state index in [2.05, 4.69) is 23.6 Å². The number of nitrogens with one attached hydrogen (secondary N) is 1. The zero-order valence-electron chi connectivity index (χ0n) is 12.1. The zero-order valence-corrected chi connectivity index (χ0v) is 13.7. The smallest absolute Gasteiger partial charge is 0.260 e. The van der Waals surface area contributed by atoms with Gasteiger partial charge in [0.05, 0.1) is 0 Å². The van der Waals surface area contributed by atoms with Crippen molar-refractivity contribution in [2.45, 2.75) is 44.2 Å². The molecule has 0 amide bonds. The molecule has 8 heteroatoms. The molecular formula is C13H20N4O2S2. The molecule has 2 heterocycles. The second-order valence-electron chi connectivity index (χ2n) is 5.69. The van der Waals surface area contributed by atoms with Crippen molar-refractivity contribution in [3.63, 3.8) is 0 Å². The molecule has 0 bridgehead atoms. The van der Waals surface area contributed by atoms with Crippen LogP contribution in [0.25, 0.3) is 4.96 Å². The molecule has 0 saturated heterocycles. The lowest BCUT2D eigenvalue weighted by Crippen LogP contribution is -2.38. The Morgan fingerprint density at radius 3 is 2.95 bits per heavy atom. The lowest BCUT2D eigenvalue weighted by molar-refractivity contribution is 0.368. The van der Waals surface area contributed by atoms with Gasteiger partial charge in [-0.1, -0.05) is 20.3 Å². The van der Waals surface area contributed by atoms with Crippen LogP contribution in [0.3, 0.4) is 0 Å². The van der Waals surface area contributed by atoms with Crippen LogP contribution in [-0.4, -0.2) is 23.8 Å². The number of fused-ring (bicyclic) bond motifs is 1. The minimum atomic E-state index is -3.66. The Balaban J connectivity index is 1.91. The first-order chi connectivity index (χ1) is 9.94. The largest absolute Gasteiger partial charge is 0.381 e. The maximum absolute atomic E-state index is 12.7. The zero-order chi connectivity index (χ0) is 15.2. The van der Waals surface area contributed by atoms with Crippen LogP contribution in [0.2, 0.25) is 0 Å². The summed E-state index contributed by atoms with van der Waals surface area (Å²) in [7, 11) is -3.66. The highest BCUT2D eigenvalue weighted by Crippen LogP contribution is 2.35. The normalized spacial score (nSPS) is 26.7. The highest BCUT2D eigenvalue weighted by molar-refractivity contribution is 7.89. The number of imidazole rings is 1. The summed E-state index contributed by atoms with van der Waals surface area (Å²) < 4.78 is 29.7. The fraction of sp³-hybridized carbons (Fsp3) is 0.615. The Bertz CT molecular complexity index is 749. The molecule has 1 saturated carbocycles. The minimum Gasteiger partial charge on any atom is -0.381 e. The lowest BCUT2D eigenvalue weighted by atomic mass is 9.94. The second kappa shape index (κ2) is 5.26. The Morgan fingerprint density at radius 2 is 2.29 bits per heavy atom. The number of hydrogen-bond donors (Lipinski definition) is 2. The van der Waals surface area contributed by atoms with Crippen molar-refractivity contribution in [1.82, 2.24) is 14.1 Å². The summed E-state index contributed by atoms with van der Waals surface area (Å²) >= 11 is 1.37. The third-order valence-corrected chi connectivity index (χ3v) is 6.84. The first-order valence-electron chi connectivity index (χ1n) is 7.17. The van der Waals surface area contributed by atoms with Crippen molar-refractivity contribution in [2.75, 3.05) is 5.73 Å². The molecule has 1 fully saturated rings. The number of sulfonamides is 1. The molecule has 3 N–H and O–H groups in total. The van der Waals surface area contributed by atoms with E-state index in [0.29, 0.717) is 16.8 Å². The molecule has 3 atom stereocenters. The Kier molecular flexibility index (Phi) is 3.71. The average molecular weight is 328 g/mol. The van der Waals surface area contributed by atoms with Crippen molar-refractivity contribution in [3.05, 3.63) is 11.6 Å². The number of nitrogens with two attached hydrogens (primary N) is 1. The second-order valence-corrected chi connectivity index (χ2v) is 8.19. The number of thiazole rings is 1. The molecule has 0 aliphatic heterocycles. The van der Waals surface area contributed by atoms with Crippen molar-refractivity contribution >= 4 is 32.1 Å². The minimum absolute atomic E-state index is 0.0245. The van der Waals surface area contributed by atoms with Crippen LogP contribution < -0.4 is 10.5 Å². The highest BCUT2D eigenvalue weighted by Gasteiger charge is 2.36. The lowest BCUT2D eigenvalue weighted by Gasteiger charge is -2.20. The summed E-state index contributed by atoms with van der Waals surface area (Å²) in [6.45, 7) is 4.27. The molecule has 0 spiro atoms. The summed E-state index contributed by atoms with van der Waals surface area (Å²) in [4.78, 5) is 4.70. The van der Waals surface area contributed by atoms with Gasteiger partial charge in [-0.3, -0.25) is 4.40 Å². The van der Waals surface area contributed by atoms with E-state index in [1.165, 1.54) is 11.3 Å². The molecule has 6 nitrogen and oxygen atoms in total. The van der Waals surface area contributed by atoms with Crippen molar-refractivity contribution in [2.24, 2.45) is 11.8 Å². The number of nitrogens with zero attached hydrogens (tertiary/aromatic N) is 2. The van der Waals surface area contributed by atoms with Gasteiger partial charge in [0.1, 0.15) is 0 Å². The van der Waals surface area contributed by atoms with Gasteiger partial charge in [-0.25, -0.2) is 18.1 Å². The molecule has 116 valence electrons. The molecule has 0 aromatic carbocycles. The van der Waals surface area contributed by atoms with Crippen LogP contribution in [0.5, 0.6) is 0 Å². The van der Waals surface area contributed by atoms with Gasteiger partial charge in [0.15, 0.2) is 15.8 Å². The van der Waals surface area contributed by atoms with Gasteiger partial charge in [-0.2, -0.15) is 0 Å². The fourth-order valence-electron chi connectivity index (χ4n) is 3.29. The van der Waals surface area contributed by atoms with Gasteiger partial charge in [0, 0.05) is 17.6 Å². The van der Waals surface area contributed by atoms with Crippen LogP contribution in [0.4, 0.5) is 5.82 Å². The third kappa shape index (κ3) is 2.45. The van der Waals surface area contributed by atoms with Gasteiger partial charge < -0.3 is 5.73 Å². The fourth-order valence-corrected chi connectivity index (χ4v) is 5.64. The molecule has 0 radical (unpaired) electrons. The first kappa shape index (κ1) is 14.8. The van der Waals surface area contributed by atoms with E-state index >= 15 is 0 Å². The molecule has 2 aromatic heterocycles. The van der Waals surface area contributed by atoms with Gasteiger partial charge in [-0.05, 0) is 24.7 Å². The monoisotopic (exact) mass is 328 g/mol. The van der Waals surface area contributed by atoms with E-state index < -0.39 is 10.0 Å². The number of nitrogen functional groups attached to an aromatic ring is 1. The summed E-state index contributed by atoms with van der Waals surface area (Å²) in [6, 6.07) is -0.0245. The molecule has 3 unspecified atom stereocenters. The maximum atomic E-state index is 12.7. The van der Waals surface area contributed by atoms with Crippen molar-refractivity contribution in [3.8, 4) is 0 Å². The summed E-state index contributed by atoms with van der Waals surface area (Å²) in [6.07, 6.45) is 4.72. The SMILES string of the molecule is CCC1CCC(NS(=O)(=O)c2c(N)nc3sccn23)C1C. The average Bonchev–Trinajstić information content (AvgIpc) is 3.05. The van der Waals surface area contributed by atoms with E-state index in [4.69, 9.17) is 5.73 Å². The van der Waals surface area contributed by atoms with Crippen molar-refractivity contribution in [1.29, 1.82) is 0 Å². The van der Waals surface area contributed by atoms with Crippen LogP contribution in [-0.2, 0) is 10.0 Å². The maximum Gasteiger partial charge on any atom is 0.260 e.